The summed E-state index contributed by atoms with van der Waals surface area (Å²) >= 11 is 5.08. The molecule has 132 valence electrons. The normalized spacial score (nSPS) is 15.3. The lowest BCUT2D eigenvalue weighted by molar-refractivity contribution is 0.225. The zero-order valence-electron chi connectivity index (χ0n) is 14.4. The zero-order valence-corrected chi connectivity index (χ0v) is 16.8. The molecular formula is C19H17BrN4OS. The summed E-state index contributed by atoms with van der Waals surface area (Å²) in [5, 5.41) is 12.7. The molecule has 4 rings (SSSR count). The van der Waals surface area contributed by atoms with Crippen LogP contribution in [-0.4, -0.2) is 20.9 Å². The number of nitrogens with zero attached hydrogens (tertiary/aromatic N) is 3. The minimum atomic E-state index is -0.354. The number of ether oxygens (including phenoxy) is 1. The average molecular weight is 429 g/mol. The van der Waals surface area contributed by atoms with Gasteiger partial charge in [0.25, 0.3) is 0 Å². The van der Waals surface area contributed by atoms with Crippen molar-refractivity contribution in [1.82, 2.24) is 15.2 Å². The van der Waals surface area contributed by atoms with Crippen LogP contribution in [0.2, 0.25) is 0 Å². The molecule has 2 aromatic carbocycles. The van der Waals surface area contributed by atoms with Crippen molar-refractivity contribution in [2.45, 2.75) is 25.2 Å². The van der Waals surface area contributed by atoms with Gasteiger partial charge in [-0.25, -0.2) is 0 Å². The van der Waals surface area contributed by atoms with Crippen LogP contribution in [0.25, 0.3) is 11.3 Å². The van der Waals surface area contributed by atoms with E-state index < -0.39 is 0 Å². The maximum Gasteiger partial charge on any atom is 0.247 e. The molecule has 0 unspecified atom stereocenters. The van der Waals surface area contributed by atoms with E-state index in [1.54, 1.807) is 11.8 Å². The van der Waals surface area contributed by atoms with Gasteiger partial charge in [-0.05, 0) is 30.9 Å². The van der Waals surface area contributed by atoms with E-state index in [1.165, 1.54) is 5.56 Å². The summed E-state index contributed by atoms with van der Waals surface area (Å²) in [6, 6.07) is 14.3. The Kier molecular flexibility index (Phi) is 4.82. The number of fused-ring (bicyclic) bond motifs is 3. The number of thioether (sulfide) groups is 1. The monoisotopic (exact) mass is 428 g/mol. The van der Waals surface area contributed by atoms with Crippen LogP contribution in [-0.2, 0) is 0 Å². The first-order valence-electron chi connectivity index (χ1n) is 8.31. The van der Waals surface area contributed by atoms with E-state index in [1.807, 2.05) is 18.2 Å². The summed E-state index contributed by atoms with van der Waals surface area (Å²) in [6.45, 7) is 4.13. The third-order valence-electron chi connectivity index (χ3n) is 4.04. The van der Waals surface area contributed by atoms with Gasteiger partial charge in [0.05, 0.1) is 0 Å². The highest BCUT2D eigenvalue weighted by molar-refractivity contribution is 9.10. The average Bonchev–Trinajstić information content (AvgIpc) is 2.79. The number of aromatic nitrogens is 3. The van der Waals surface area contributed by atoms with E-state index >= 15 is 0 Å². The molecule has 2 heterocycles. The topological polar surface area (TPSA) is 59.9 Å². The molecule has 0 radical (unpaired) electrons. The smallest absolute Gasteiger partial charge is 0.247 e. The van der Waals surface area contributed by atoms with Gasteiger partial charge < -0.3 is 10.1 Å². The van der Waals surface area contributed by atoms with Crippen LogP contribution in [0.4, 0.5) is 5.69 Å². The third kappa shape index (κ3) is 3.41. The van der Waals surface area contributed by atoms with Gasteiger partial charge >= 0.3 is 0 Å². The number of nitrogens with one attached hydrogen (secondary N) is 1. The van der Waals surface area contributed by atoms with Gasteiger partial charge in [0.1, 0.15) is 0 Å². The molecule has 0 fully saturated rings. The molecule has 1 aromatic heterocycles. The lowest BCUT2D eigenvalue weighted by atomic mass is 10.1. The van der Waals surface area contributed by atoms with Crippen LogP contribution < -0.4 is 10.1 Å². The Morgan fingerprint density at radius 3 is 2.73 bits per heavy atom. The molecule has 0 saturated carbocycles. The SMILES string of the molecule is CCSc1nnc2c(n1)O[C@@H](c1ccc(C)cc1)Nc1ccc(Br)cc1-2. The van der Waals surface area contributed by atoms with Crippen molar-refractivity contribution in [1.29, 1.82) is 0 Å². The van der Waals surface area contributed by atoms with Gasteiger partial charge in [0.15, 0.2) is 11.9 Å². The Hall–Kier alpha value is -2.12. The Bertz CT molecular complexity index is 949. The summed E-state index contributed by atoms with van der Waals surface area (Å²) < 4.78 is 7.20. The van der Waals surface area contributed by atoms with Crippen LogP contribution >= 0.6 is 27.7 Å². The van der Waals surface area contributed by atoms with Crippen molar-refractivity contribution in [3.8, 4) is 17.1 Å². The lowest BCUT2D eigenvalue weighted by Crippen LogP contribution is -2.17. The van der Waals surface area contributed by atoms with Crippen LogP contribution in [0.15, 0.2) is 52.1 Å². The summed E-state index contributed by atoms with van der Waals surface area (Å²) in [5.41, 5.74) is 4.73. The van der Waals surface area contributed by atoms with Crippen LogP contribution in [0.1, 0.15) is 24.3 Å². The molecular weight excluding hydrogens is 412 g/mol. The number of halogens is 1. The molecule has 0 spiro atoms. The van der Waals surface area contributed by atoms with Crippen molar-refractivity contribution in [3.05, 3.63) is 58.1 Å². The Labute approximate surface area is 164 Å². The molecule has 5 nitrogen and oxygen atoms in total. The number of anilines is 1. The first-order valence-corrected chi connectivity index (χ1v) is 10.1. The van der Waals surface area contributed by atoms with E-state index in [0.29, 0.717) is 16.7 Å². The number of aryl methyl sites for hydroxylation is 1. The molecule has 1 N–H and O–H groups in total. The second-order valence-electron chi connectivity index (χ2n) is 5.92. The molecule has 26 heavy (non-hydrogen) atoms. The first kappa shape index (κ1) is 17.3. The summed E-state index contributed by atoms with van der Waals surface area (Å²) in [5.74, 6) is 1.37. The number of hydrogen-bond donors (Lipinski definition) is 1. The Balaban J connectivity index is 1.84. The molecule has 0 saturated heterocycles. The standard InChI is InChI=1S/C19H17BrN4OS/c1-3-26-19-22-18-16(23-24-19)14-10-13(20)8-9-15(14)21-17(25-18)12-6-4-11(2)5-7-12/h4-10,17,21H,3H2,1-2H3/t17-/m0/s1. The largest absolute Gasteiger partial charge is 0.448 e. The fraction of sp³-hybridized carbons (Fsp3) is 0.211. The van der Waals surface area contributed by atoms with E-state index in [-0.39, 0.29) is 6.23 Å². The minimum Gasteiger partial charge on any atom is -0.448 e. The molecule has 1 aliphatic heterocycles. The van der Waals surface area contributed by atoms with Crippen LogP contribution in [0.3, 0.4) is 0 Å². The fourth-order valence-electron chi connectivity index (χ4n) is 2.75. The van der Waals surface area contributed by atoms with Crippen molar-refractivity contribution in [2.24, 2.45) is 0 Å². The number of benzene rings is 2. The van der Waals surface area contributed by atoms with Crippen LogP contribution in [0, 0.1) is 6.92 Å². The summed E-state index contributed by atoms with van der Waals surface area (Å²) in [4.78, 5) is 4.60. The van der Waals surface area contributed by atoms with Gasteiger partial charge in [-0.3, -0.25) is 0 Å². The van der Waals surface area contributed by atoms with Crippen molar-refractivity contribution < 1.29 is 4.74 Å². The zero-order chi connectivity index (χ0) is 18.1. The van der Waals surface area contributed by atoms with Gasteiger partial charge in [0.2, 0.25) is 11.0 Å². The lowest BCUT2D eigenvalue weighted by Gasteiger charge is -2.19. The van der Waals surface area contributed by atoms with E-state index in [4.69, 9.17) is 4.74 Å². The van der Waals surface area contributed by atoms with E-state index in [2.05, 4.69) is 74.5 Å². The van der Waals surface area contributed by atoms with Gasteiger partial charge in [-0.2, -0.15) is 4.98 Å². The van der Waals surface area contributed by atoms with Gasteiger partial charge in [-0.15, -0.1) is 10.2 Å². The second-order valence-corrected chi connectivity index (χ2v) is 8.07. The minimum absolute atomic E-state index is 0.354. The highest BCUT2D eigenvalue weighted by Crippen LogP contribution is 2.40. The number of rotatable bonds is 3. The van der Waals surface area contributed by atoms with E-state index in [9.17, 15) is 0 Å². The highest BCUT2D eigenvalue weighted by Gasteiger charge is 2.26. The maximum atomic E-state index is 6.24. The van der Waals surface area contributed by atoms with Crippen LogP contribution in [0.5, 0.6) is 5.88 Å². The molecule has 1 atom stereocenters. The molecule has 0 aliphatic carbocycles. The second kappa shape index (κ2) is 7.25. The first-order chi connectivity index (χ1) is 12.6. The molecule has 0 bridgehead atoms. The number of hydrogen-bond acceptors (Lipinski definition) is 6. The quantitative estimate of drug-likeness (QED) is 0.576. The predicted molar refractivity (Wildman–Crippen MR) is 108 cm³/mol. The Morgan fingerprint density at radius 2 is 1.96 bits per heavy atom. The fourth-order valence-corrected chi connectivity index (χ4v) is 3.62. The van der Waals surface area contributed by atoms with Crippen molar-refractivity contribution >= 4 is 33.4 Å². The summed E-state index contributed by atoms with van der Waals surface area (Å²) in [7, 11) is 0. The molecule has 3 aromatic rings. The van der Waals surface area contributed by atoms with Gasteiger partial charge in [-0.1, -0.05) is 64.4 Å². The molecule has 1 aliphatic rings. The third-order valence-corrected chi connectivity index (χ3v) is 5.25. The van der Waals surface area contributed by atoms with E-state index in [0.717, 1.165) is 27.0 Å². The Morgan fingerprint density at radius 1 is 1.15 bits per heavy atom. The molecule has 0 amide bonds. The van der Waals surface area contributed by atoms with Crippen molar-refractivity contribution in [2.75, 3.05) is 11.1 Å². The van der Waals surface area contributed by atoms with Crippen molar-refractivity contribution in [3.63, 3.8) is 0 Å². The highest BCUT2D eigenvalue weighted by atomic mass is 79.9. The summed E-state index contributed by atoms with van der Waals surface area (Å²) in [6.07, 6.45) is -0.354. The maximum absolute atomic E-state index is 6.24. The predicted octanol–water partition coefficient (Wildman–Crippen LogP) is 5.22. The van der Waals surface area contributed by atoms with Gasteiger partial charge in [0, 0.05) is 21.3 Å². The molecule has 7 heteroatoms.